The highest BCUT2D eigenvalue weighted by molar-refractivity contribution is 8.03. The van der Waals surface area contributed by atoms with Gasteiger partial charge in [0.25, 0.3) is 10.2 Å². The van der Waals surface area contributed by atoms with Crippen LogP contribution in [0.1, 0.15) is 36.2 Å². The maximum atomic E-state index is 12.6. The molecule has 7 N–H and O–H groups in total. The number of aliphatic carboxylic acids is 1. The van der Waals surface area contributed by atoms with E-state index < -0.39 is 46.1 Å². The van der Waals surface area contributed by atoms with Gasteiger partial charge in [-0.2, -0.15) is 8.42 Å². The van der Waals surface area contributed by atoms with Gasteiger partial charge in [0.05, 0.1) is 18.1 Å². The Balaban J connectivity index is 1.58. The van der Waals surface area contributed by atoms with Crippen molar-refractivity contribution < 1.29 is 33.0 Å². The van der Waals surface area contributed by atoms with Crippen LogP contribution in [0.4, 0.5) is 0 Å². The first-order valence-electron chi connectivity index (χ1n) is 11.8. The summed E-state index contributed by atoms with van der Waals surface area (Å²) in [4.78, 5) is 40.6. The second kappa shape index (κ2) is 10.3. The first-order chi connectivity index (χ1) is 17.3. The third-order valence-electron chi connectivity index (χ3n) is 7.27. The van der Waals surface area contributed by atoms with E-state index in [9.17, 15) is 33.0 Å². The molecule has 2 amide bonds. The Labute approximate surface area is 219 Å². The highest BCUT2D eigenvalue weighted by Crippen LogP contribution is 2.52. The smallest absolute Gasteiger partial charge is 0.353 e. The molecule has 6 atom stereocenters. The van der Waals surface area contributed by atoms with E-state index in [4.69, 9.17) is 10.9 Å². The van der Waals surface area contributed by atoms with Gasteiger partial charge in [-0.1, -0.05) is 25.1 Å². The lowest BCUT2D eigenvalue weighted by Crippen LogP contribution is -2.63. The molecule has 0 bridgehead atoms. The largest absolute Gasteiger partial charge is 0.477 e. The van der Waals surface area contributed by atoms with Gasteiger partial charge < -0.3 is 20.8 Å². The predicted molar refractivity (Wildman–Crippen MR) is 136 cm³/mol. The number of carbonyl (C=O) groups excluding carboxylic acids is 2. The summed E-state index contributed by atoms with van der Waals surface area (Å²) in [5.74, 6) is -3.10. The molecule has 0 saturated carbocycles. The van der Waals surface area contributed by atoms with E-state index in [1.54, 1.807) is 24.3 Å². The molecule has 1 aromatic rings. The molecule has 4 rings (SSSR count). The highest BCUT2D eigenvalue weighted by Gasteiger charge is 2.60. The van der Waals surface area contributed by atoms with Gasteiger partial charge in [0.15, 0.2) is 0 Å². The number of β-lactam (4-membered cyclic amide) rings is 1. The number of likely N-dealkylation sites (tertiary alicyclic amines) is 1. The molecular weight excluding hydrogens is 522 g/mol. The van der Waals surface area contributed by atoms with Crippen molar-refractivity contribution in [1.29, 1.82) is 0 Å². The van der Waals surface area contributed by atoms with Gasteiger partial charge in [-0.05, 0) is 25.0 Å². The molecule has 0 spiro atoms. The number of carboxylic acid groups (broad SMARTS) is 1. The molecule has 202 valence electrons. The van der Waals surface area contributed by atoms with Crippen molar-refractivity contribution in [2.24, 2.45) is 22.7 Å². The Morgan fingerprint density at radius 3 is 2.57 bits per heavy atom. The van der Waals surface area contributed by atoms with E-state index in [2.05, 4.69) is 4.72 Å². The molecule has 2 fully saturated rings. The van der Waals surface area contributed by atoms with Crippen LogP contribution in [0.5, 0.6) is 0 Å². The number of nitrogens with one attached hydrogen (secondary N) is 1. The quantitative estimate of drug-likeness (QED) is 0.235. The number of hydrogen-bond acceptors (Lipinski definition) is 8. The number of aliphatic hydroxyl groups excluding tert-OH is 1. The van der Waals surface area contributed by atoms with Crippen LogP contribution in [-0.2, 0) is 26.3 Å². The molecule has 0 aromatic heterocycles. The molecule has 12 nitrogen and oxygen atoms in total. The zero-order chi connectivity index (χ0) is 27.2. The Hall–Kier alpha value is -2.49. The van der Waals surface area contributed by atoms with Gasteiger partial charge in [0.2, 0.25) is 11.8 Å². The van der Waals surface area contributed by atoms with Crippen LogP contribution in [0.15, 0.2) is 34.9 Å². The minimum Gasteiger partial charge on any atom is -0.477 e. The average Bonchev–Trinajstić information content (AvgIpc) is 3.28. The maximum absolute atomic E-state index is 12.6. The third-order valence-corrected chi connectivity index (χ3v) is 9.33. The van der Waals surface area contributed by atoms with Crippen LogP contribution in [0.2, 0.25) is 0 Å². The number of nitrogens with zero attached hydrogens (tertiary/aromatic N) is 2. The Kier molecular flexibility index (Phi) is 7.70. The van der Waals surface area contributed by atoms with Crippen LogP contribution >= 0.6 is 11.8 Å². The van der Waals surface area contributed by atoms with Crippen molar-refractivity contribution in [3.63, 3.8) is 0 Å². The molecule has 3 aliphatic heterocycles. The second-order valence-electron chi connectivity index (χ2n) is 9.75. The van der Waals surface area contributed by atoms with Gasteiger partial charge >= 0.3 is 5.97 Å². The van der Waals surface area contributed by atoms with Crippen molar-refractivity contribution >= 4 is 39.8 Å². The fourth-order valence-corrected chi connectivity index (χ4v) is 7.64. The van der Waals surface area contributed by atoms with Crippen molar-refractivity contribution in [3.05, 3.63) is 46.0 Å². The summed E-state index contributed by atoms with van der Waals surface area (Å²) in [6.45, 7) is 4.21. The van der Waals surface area contributed by atoms with Crippen LogP contribution in [0, 0.1) is 11.8 Å². The predicted octanol–water partition coefficient (Wildman–Crippen LogP) is -0.592. The normalized spacial score (nSPS) is 28.8. The third kappa shape index (κ3) is 5.40. The number of amides is 2. The Bertz CT molecular complexity index is 1250. The topological polar surface area (TPSA) is 196 Å². The number of nitrogens with two attached hydrogens (primary N) is 2. The number of thioether (sulfide) groups is 1. The Morgan fingerprint density at radius 2 is 1.97 bits per heavy atom. The maximum Gasteiger partial charge on any atom is 0.353 e. The summed E-state index contributed by atoms with van der Waals surface area (Å²) >= 11 is 1.37. The number of carboxylic acids is 1. The SMILES string of the molecule is C[C@@H](O)[C@H]1C(=O)N2C(C(=O)O)=C(S[C@H]3C[C@@H](CNS(N)(=O)=O)N(Cc4ccccc4C(N)=O)C3)[C@H](C)[C@H]12. The highest BCUT2D eigenvalue weighted by atomic mass is 32.2. The fourth-order valence-electron chi connectivity index (χ4n) is 5.62. The van der Waals surface area contributed by atoms with Crippen LogP contribution < -0.4 is 15.6 Å². The molecule has 0 aliphatic carbocycles. The standard InChI is InChI=1S/C23H31N5O7S2/c1-11-18-17(12(2)29)22(31)28(18)19(23(32)33)20(11)36-15-7-14(8-26-37(25,34)35)27(10-15)9-13-5-3-4-6-16(13)21(24)30/h3-6,11-12,14-15,17-18,26,29H,7-10H2,1-2H3,(H2,24,30)(H,32,33)(H2,25,34,35)/t11-,12-,14+,15+,17-,18-/m1/s1. The molecule has 0 radical (unpaired) electrons. The number of rotatable bonds is 10. The molecule has 3 heterocycles. The van der Waals surface area contributed by atoms with Gasteiger partial charge in [0.1, 0.15) is 5.70 Å². The van der Waals surface area contributed by atoms with E-state index in [1.807, 2.05) is 11.8 Å². The monoisotopic (exact) mass is 553 g/mol. The molecule has 1 aromatic carbocycles. The number of primary amides is 1. The minimum absolute atomic E-state index is 0.0341. The van der Waals surface area contributed by atoms with Crippen molar-refractivity contribution in [2.45, 2.75) is 50.3 Å². The van der Waals surface area contributed by atoms with Gasteiger partial charge in [-0.15, -0.1) is 11.8 Å². The first kappa shape index (κ1) is 27.5. The number of aliphatic hydroxyl groups is 1. The summed E-state index contributed by atoms with van der Waals surface area (Å²) < 4.78 is 25.5. The summed E-state index contributed by atoms with van der Waals surface area (Å²) in [5.41, 5.74) is 6.53. The van der Waals surface area contributed by atoms with Crippen molar-refractivity contribution in [1.82, 2.24) is 14.5 Å². The number of benzene rings is 1. The molecule has 2 saturated heterocycles. The van der Waals surface area contributed by atoms with E-state index in [-0.39, 0.29) is 29.5 Å². The number of hydrogen-bond donors (Lipinski definition) is 5. The summed E-state index contributed by atoms with van der Waals surface area (Å²) in [5, 5.41) is 25.0. The molecular formula is C23H31N5O7S2. The summed E-state index contributed by atoms with van der Waals surface area (Å²) in [6, 6.07) is 6.19. The van der Waals surface area contributed by atoms with E-state index in [0.717, 1.165) is 0 Å². The second-order valence-corrected chi connectivity index (χ2v) is 12.5. The van der Waals surface area contributed by atoms with Gasteiger partial charge in [-0.3, -0.25) is 14.5 Å². The lowest BCUT2D eigenvalue weighted by molar-refractivity contribution is -0.163. The zero-order valence-electron chi connectivity index (χ0n) is 20.4. The van der Waals surface area contributed by atoms with E-state index >= 15 is 0 Å². The van der Waals surface area contributed by atoms with Gasteiger partial charge in [0, 0.05) is 47.3 Å². The zero-order valence-corrected chi connectivity index (χ0v) is 22.0. The summed E-state index contributed by atoms with van der Waals surface area (Å²) in [7, 11) is -3.94. The van der Waals surface area contributed by atoms with Gasteiger partial charge in [-0.25, -0.2) is 14.7 Å². The summed E-state index contributed by atoms with van der Waals surface area (Å²) in [6.07, 6.45) is -0.385. The average molecular weight is 554 g/mol. The molecule has 3 aliphatic rings. The lowest BCUT2D eigenvalue weighted by atomic mass is 9.79. The lowest BCUT2D eigenvalue weighted by Gasteiger charge is -2.46. The molecule has 0 unspecified atom stereocenters. The number of carbonyl (C=O) groups is 3. The first-order valence-corrected chi connectivity index (χ1v) is 14.3. The van der Waals surface area contributed by atoms with E-state index in [0.29, 0.717) is 35.5 Å². The van der Waals surface area contributed by atoms with Crippen LogP contribution in [0.3, 0.4) is 0 Å². The molecule has 37 heavy (non-hydrogen) atoms. The minimum atomic E-state index is -3.94. The van der Waals surface area contributed by atoms with E-state index in [1.165, 1.54) is 23.6 Å². The number of fused-ring (bicyclic) bond motifs is 1. The van der Waals surface area contributed by atoms with Crippen LogP contribution in [-0.4, -0.2) is 82.7 Å². The fraction of sp³-hybridized carbons (Fsp3) is 0.522. The van der Waals surface area contributed by atoms with Crippen molar-refractivity contribution in [2.75, 3.05) is 13.1 Å². The van der Waals surface area contributed by atoms with Crippen LogP contribution in [0.25, 0.3) is 0 Å². The van der Waals surface area contributed by atoms with Crippen molar-refractivity contribution in [3.8, 4) is 0 Å². The Morgan fingerprint density at radius 1 is 1.30 bits per heavy atom. The molecule has 14 heteroatoms.